The van der Waals surface area contributed by atoms with Crippen LogP contribution in [0.4, 0.5) is 5.82 Å². The summed E-state index contributed by atoms with van der Waals surface area (Å²) in [6.45, 7) is 3.35. The largest absolute Gasteiger partial charge is 0.394 e. The number of anilines is 1. The highest BCUT2D eigenvalue weighted by molar-refractivity contribution is 6.30. The molecule has 3 atom stereocenters. The van der Waals surface area contributed by atoms with E-state index in [2.05, 4.69) is 15.3 Å². The van der Waals surface area contributed by atoms with Gasteiger partial charge in [-0.25, -0.2) is 9.97 Å². The molecule has 3 N–H and O–H groups in total. The average molecular weight is 274 g/mol. The Morgan fingerprint density at radius 1 is 1.44 bits per heavy atom. The predicted molar refractivity (Wildman–Crippen MR) is 66.5 cm³/mol. The second kappa shape index (κ2) is 5.36. The van der Waals surface area contributed by atoms with Gasteiger partial charge < -0.3 is 20.3 Å². The van der Waals surface area contributed by atoms with Gasteiger partial charge in [-0.15, -0.1) is 0 Å². The van der Waals surface area contributed by atoms with Gasteiger partial charge in [0.15, 0.2) is 0 Å². The first kappa shape index (κ1) is 13.5. The van der Waals surface area contributed by atoms with E-state index in [0.29, 0.717) is 23.2 Å². The molecule has 1 saturated heterocycles. The van der Waals surface area contributed by atoms with Gasteiger partial charge in [0.2, 0.25) is 0 Å². The first-order valence-electron chi connectivity index (χ1n) is 5.73. The van der Waals surface area contributed by atoms with Crippen LogP contribution in [0.2, 0.25) is 5.15 Å². The SMILES string of the molecule is Cc1nc(Cl)c(C)c(N[C@H]2C[C@H](O)[C@@H](CO)O2)n1. The lowest BCUT2D eigenvalue weighted by atomic mass is 10.2. The summed E-state index contributed by atoms with van der Waals surface area (Å²) < 4.78 is 5.45. The van der Waals surface area contributed by atoms with Crippen molar-refractivity contribution in [2.45, 2.75) is 38.7 Å². The van der Waals surface area contributed by atoms with Gasteiger partial charge in [0.25, 0.3) is 0 Å². The van der Waals surface area contributed by atoms with E-state index < -0.39 is 12.2 Å². The van der Waals surface area contributed by atoms with Crippen molar-refractivity contribution in [2.75, 3.05) is 11.9 Å². The van der Waals surface area contributed by atoms with Crippen molar-refractivity contribution in [2.24, 2.45) is 0 Å². The Kier molecular flexibility index (Phi) is 4.01. The topological polar surface area (TPSA) is 87.5 Å². The van der Waals surface area contributed by atoms with Gasteiger partial charge in [-0.1, -0.05) is 11.6 Å². The summed E-state index contributed by atoms with van der Waals surface area (Å²) in [6, 6.07) is 0. The molecule has 18 heavy (non-hydrogen) atoms. The molecule has 0 unspecified atom stereocenters. The normalized spacial score (nSPS) is 27.5. The zero-order valence-corrected chi connectivity index (χ0v) is 11.0. The number of hydrogen-bond acceptors (Lipinski definition) is 6. The summed E-state index contributed by atoms with van der Waals surface area (Å²) in [4.78, 5) is 8.28. The minimum atomic E-state index is -0.675. The molecule has 1 aliphatic heterocycles. The molecule has 1 aromatic rings. The van der Waals surface area contributed by atoms with E-state index >= 15 is 0 Å². The summed E-state index contributed by atoms with van der Waals surface area (Å²) in [5.41, 5.74) is 0.729. The lowest BCUT2D eigenvalue weighted by Crippen LogP contribution is -2.25. The Balaban J connectivity index is 2.11. The molecular weight excluding hydrogens is 258 g/mol. The van der Waals surface area contributed by atoms with Gasteiger partial charge in [0.1, 0.15) is 29.1 Å². The number of nitrogens with zero attached hydrogens (tertiary/aromatic N) is 2. The molecule has 0 aliphatic carbocycles. The van der Waals surface area contributed by atoms with Crippen molar-refractivity contribution in [3.8, 4) is 0 Å². The highest BCUT2D eigenvalue weighted by Crippen LogP contribution is 2.25. The van der Waals surface area contributed by atoms with Crippen LogP contribution in [0.25, 0.3) is 0 Å². The number of rotatable bonds is 3. The van der Waals surface area contributed by atoms with Crippen LogP contribution in [0, 0.1) is 13.8 Å². The Morgan fingerprint density at radius 2 is 2.17 bits per heavy atom. The fraction of sp³-hybridized carbons (Fsp3) is 0.636. The zero-order chi connectivity index (χ0) is 13.3. The number of hydrogen-bond donors (Lipinski definition) is 3. The summed E-state index contributed by atoms with van der Waals surface area (Å²) in [5.74, 6) is 1.15. The van der Waals surface area contributed by atoms with Crippen LogP contribution in [0.1, 0.15) is 17.8 Å². The quantitative estimate of drug-likeness (QED) is 0.700. The molecule has 0 radical (unpaired) electrons. The van der Waals surface area contributed by atoms with Crippen molar-refractivity contribution in [1.82, 2.24) is 9.97 Å². The Labute approximate surface area is 110 Å². The zero-order valence-electron chi connectivity index (χ0n) is 10.2. The van der Waals surface area contributed by atoms with Gasteiger partial charge in [-0.05, 0) is 13.8 Å². The van der Waals surface area contributed by atoms with E-state index in [9.17, 15) is 5.11 Å². The number of halogens is 1. The summed E-state index contributed by atoms with van der Waals surface area (Å²) >= 11 is 5.97. The minimum absolute atomic E-state index is 0.206. The molecule has 7 heteroatoms. The molecule has 2 rings (SSSR count). The fourth-order valence-electron chi connectivity index (χ4n) is 1.87. The second-order valence-electron chi connectivity index (χ2n) is 4.33. The van der Waals surface area contributed by atoms with Crippen LogP contribution < -0.4 is 5.32 Å². The molecule has 1 aromatic heterocycles. The molecule has 100 valence electrons. The van der Waals surface area contributed by atoms with Gasteiger partial charge in [-0.3, -0.25) is 0 Å². The molecule has 0 aromatic carbocycles. The van der Waals surface area contributed by atoms with E-state index in [1.54, 1.807) is 13.8 Å². The van der Waals surface area contributed by atoms with Crippen LogP contribution in [-0.4, -0.2) is 45.2 Å². The Morgan fingerprint density at radius 3 is 2.78 bits per heavy atom. The van der Waals surface area contributed by atoms with Gasteiger partial charge in [-0.2, -0.15) is 0 Å². The Bertz CT molecular complexity index is 444. The number of aliphatic hydroxyl groups is 2. The molecule has 2 heterocycles. The van der Waals surface area contributed by atoms with Crippen molar-refractivity contribution >= 4 is 17.4 Å². The highest BCUT2D eigenvalue weighted by Gasteiger charge is 2.33. The molecule has 0 spiro atoms. The van der Waals surface area contributed by atoms with Crippen LogP contribution >= 0.6 is 11.6 Å². The maximum absolute atomic E-state index is 9.63. The molecule has 1 aliphatic rings. The maximum Gasteiger partial charge on any atom is 0.137 e. The third-order valence-electron chi connectivity index (χ3n) is 2.90. The molecule has 0 amide bonds. The van der Waals surface area contributed by atoms with Crippen LogP contribution in [0.15, 0.2) is 0 Å². The van der Waals surface area contributed by atoms with Crippen molar-refractivity contribution in [3.63, 3.8) is 0 Å². The standard InChI is InChI=1S/C11H16ClN3O3/c1-5-10(12)13-6(2)14-11(5)15-9-3-7(17)8(4-16)18-9/h7-9,16-17H,3-4H2,1-2H3,(H,13,14,15)/t7-,8+,9+/m0/s1. The second-order valence-corrected chi connectivity index (χ2v) is 4.69. The lowest BCUT2D eigenvalue weighted by molar-refractivity contribution is -0.0150. The van der Waals surface area contributed by atoms with Crippen molar-refractivity contribution in [1.29, 1.82) is 0 Å². The minimum Gasteiger partial charge on any atom is -0.394 e. The van der Waals surface area contributed by atoms with Gasteiger partial charge >= 0.3 is 0 Å². The molecule has 6 nitrogen and oxygen atoms in total. The van der Waals surface area contributed by atoms with Gasteiger partial charge in [0.05, 0.1) is 12.7 Å². The van der Waals surface area contributed by atoms with Crippen LogP contribution in [0.5, 0.6) is 0 Å². The molecule has 0 saturated carbocycles. The third-order valence-corrected chi connectivity index (χ3v) is 3.27. The van der Waals surface area contributed by atoms with E-state index in [-0.39, 0.29) is 12.8 Å². The number of aliphatic hydroxyl groups excluding tert-OH is 2. The maximum atomic E-state index is 9.63. The molecule has 0 bridgehead atoms. The molecular formula is C11H16ClN3O3. The van der Waals surface area contributed by atoms with Crippen molar-refractivity contribution < 1.29 is 14.9 Å². The van der Waals surface area contributed by atoms with Crippen LogP contribution in [0.3, 0.4) is 0 Å². The van der Waals surface area contributed by atoms with Gasteiger partial charge in [0, 0.05) is 12.0 Å². The number of aromatic nitrogens is 2. The van der Waals surface area contributed by atoms with E-state index in [1.807, 2.05) is 0 Å². The smallest absolute Gasteiger partial charge is 0.137 e. The third kappa shape index (κ3) is 2.72. The first-order valence-corrected chi connectivity index (χ1v) is 6.10. The lowest BCUT2D eigenvalue weighted by Gasteiger charge is -2.16. The average Bonchev–Trinajstić information content (AvgIpc) is 2.65. The monoisotopic (exact) mass is 273 g/mol. The first-order chi connectivity index (χ1) is 8.51. The van der Waals surface area contributed by atoms with Crippen molar-refractivity contribution in [3.05, 3.63) is 16.5 Å². The number of aryl methyl sites for hydroxylation is 1. The van der Waals surface area contributed by atoms with Crippen LogP contribution in [-0.2, 0) is 4.74 Å². The number of ether oxygens (including phenoxy) is 1. The van der Waals surface area contributed by atoms with E-state index in [1.165, 1.54) is 0 Å². The fourth-order valence-corrected chi connectivity index (χ4v) is 2.09. The molecule has 1 fully saturated rings. The van der Waals surface area contributed by atoms with E-state index in [0.717, 1.165) is 5.56 Å². The Hall–Kier alpha value is -0.950. The summed E-state index contributed by atoms with van der Waals surface area (Å²) in [7, 11) is 0. The number of nitrogens with one attached hydrogen (secondary N) is 1. The highest BCUT2D eigenvalue weighted by atomic mass is 35.5. The van der Waals surface area contributed by atoms with E-state index in [4.69, 9.17) is 21.4 Å². The predicted octanol–water partition coefficient (Wildman–Crippen LogP) is 0.627. The summed E-state index contributed by atoms with van der Waals surface area (Å²) in [6.07, 6.45) is -1.22. The summed E-state index contributed by atoms with van der Waals surface area (Å²) in [5, 5.41) is 22.1.